The average Bonchev–Trinajstić information content (AvgIpc) is 3.49. The van der Waals surface area contributed by atoms with Crippen molar-refractivity contribution in [1.82, 2.24) is 15.0 Å². The summed E-state index contributed by atoms with van der Waals surface area (Å²) in [4.78, 5) is 17.6. The third kappa shape index (κ3) is 3.94. The first kappa shape index (κ1) is 21.5. The Morgan fingerprint density at radius 3 is 2.37 bits per heavy atom. The van der Waals surface area contributed by atoms with Crippen LogP contribution in [0.25, 0.3) is 0 Å². The molecule has 180 valence electrons. The van der Waals surface area contributed by atoms with Gasteiger partial charge in [0, 0.05) is 19.3 Å². The monoisotopic (exact) mass is 485 g/mol. The van der Waals surface area contributed by atoms with E-state index in [4.69, 9.17) is 14.7 Å². The van der Waals surface area contributed by atoms with Crippen LogP contribution in [0.3, 0.4) is 0 Å². The van der Waals surface area contributed by atoms with Gasteiger partial charge in [-0.3, -0.25) is 0 Å². The van der Waals surface area contributed by atoms with E-state index in [0.717, 1.165) is 53.2 Å². The molecule has 2 fully saturated rings. The predicted octanol–water partition coefficient (Wildman–Crippen LogP) is 5.53. The second-order valence-electron chi connectivity index (χ2n) is 10.8. The lowest BCUT2D eigenvalue weighted by atomic mass is 9.76. The van der Waals surface area contributed by atoms with E-state index in [1.54, 1.807) is 22.9 Å². The minimum absolute atomic E-state index is 0.0685. The molecule has 2 aliphatic carbocycles. The van der Waals surface area contributed by atoms with Crippen molar-refractivity contribution in [3.05, 3.63) is 60.0 Å². The fraction of sp³-hybridized carbons (Fsp3) is 0.464. The molecule has 35 heavy (non-hydrogen) atoms. The van der Waals surface area contributed by atoms with Gasteiger partial charge in [-0.05, 0) is 61.1 Å². The highest BCUT2D eigenvalue weighted by Crippen LogP contribution is 2.46. The van der Waals surface area contributed by atoms with Gasteiger partial charge in [0.15, 0.2) is 11.6 Å². The van der Waals surface area contributed by atoms with Crippen LogP contribution >= 0.6 is 11.8 Å². The van der Waals surface area contributed by atoms with Crippen LogP contribution < -0.4 is 15.0 Å². The highest BCUT2D eigenvalue weighted by Gasteiger charge is 2.40. The first-order valence-corrected chi connectivity index (χ1v) is 13.7. The van der Waals surface area contributed by atoms with Crippen molar-refractivity contribution in [2.45, 2.75) is 66.8 Å². The van der Waals surface area contributed by atoms with E-state index < -0.39 is 0 Å². The zero-order valence-electron chi connectivity index (χ0n) is 20.0. The molecule has 6 nitrogen and oxygen atoms in total. The number of anilines is 2. The maximum Gasteiger partial charge on any atom is 0.175 e. The summed E-state index contributed by atoms with van der Waals surface area (Å²) in [6.45, 7) is 2.81. The van der Waals surface area contributed by atoms with E-state index in [1.165, 1.54) is 38.5 Å². The zero-order valence-corrected chi connectivity index (χ0v) is 20.8. The van der Waals surface area contributed by atoms with E-state index in [0.29, 0.717) is 12.0 Å². The van der Waals surface area contributed by atoms with Gasteiger partial charge in [-0.15, -0.1) is 0 Å². The minimum atomic E-state index is 0.0685. The lowest BCUT2D eigenvalue weighted by Gasteiger charge is -2.39. The maximum atomic E-state index is 6.25. The molecular weight excluding hydrogens is 454 g/mol. The molecule has 2 aliphatic heterocycles. The van der Waals surface area contributed by atoms with Gasteiger partial charge in [0.25, 0.3) is 0 Å². The minimum Gasteiger partial charge on any atom is -0.486 e. The van der Waals surface area contributed by atoms with Crippen molar-refractivity contribution in [3.8, 4) is 5.75 Å². The fourth-order valence-corrected chi connectivity index (χ4v) is 7.35. The Balaban J connectivity index is 1.01. The van der Waals surface area contributed by atoms with Crippen LogP contribution in [0.4, 0.5) is 11.6 Å². The van der Waals surface area contributed by atoms with Crippen LogP contribution in [0.1, 0.15) is 49.7 Å². The molecule has 1 saturated heterocycles. The molecule has 0 radical (unpaired) electrons. The summed E-state index contributed by atoms with van der Waals surface area (Å²) in [7, 11) is 0. The molecule has 1 N–H and O–H groups in total. The summed E-state index contributed by atoms with van der Waals surface area (Å²) in [5, 5.41) is 4.57. The number of pyridine rings is 1. The van der Waals surface area contributed by atoms with E-state index in [2.05, 4.69) is 39.5 Å². The van der Waals surface area contributed by atoms with E-state index in [1.807, 2.05) is 24.7 Å². The third-order valence-electron chi connectivity index (χ3n) is 8.53. The topological polar surface area (TPSA) is 63.2 Å². The molecule has 0 bridgehead atoms. The van der Waals surface area contributed by atoms with Crippen LogP contribution in [0, 0.1) is 5.41 Å². The predicted molar refractivity (Wildman–Crippen MR) is 138 cm³/mol. The Morgan fingerprint density at radius 1 is 0.886 bits per heavy atom. The van der Waals surface area contributed by atoms with Crippen molar-refractivity contribution in [1.29, 1.82) is 0 Å². The summed E-state index contributed by atoms with van der Waals surface area (Å²) >= 11 is 1.60. The van der Waals surface area contributed by atoms with Gasteiger partial charge < -0.3 is 15.0 Å². The van der Waals surface area contributed by atoms with E-state index >= 15 is 0 Å². The summed E-state index contributed by atoms with van der Waals surface area (Å²) < 4.78 is 6.25. The van der Waals surface area contributed by atoms with Crippen LogP contribution in [0.2, 0.25) is 0 Å². The number of nitrogens with zero attached hydrogens (tertiary/aromatic N) is 4. The number of ether oxygens (including phenoxy) is 1. The molecule has 1 aromatic carbocycles. The summed E-state index contributed by atoms with van der Waals surface area (Å²) in [6.07, 6.45) is 15.4. The summed E-state index contributed by atoms with van der Waals surface area (Å²) in [5.41, 5.74) is 3.62. The molecule has 0 amide bonds. The number of fused-ring (bicyclic) bond motifs is 2. The number of aromatic nitrogens is 3. The number of nitrogens with one attached hydrogen (secondary N) is 1. The first-order chi connectivity index (χ1) is 17.2. The van der Waals surface area contributed by atoms with Gasteiger partial charge in [0.2, 0.25) is 0 Å². The number of piperidine rings is 1. The molecule has 0 atom stereocenters. The van der Waals surface area contributed by atoms with Crippen molar-refractivity contribution < 1.29 is 4.74 Å². The zero-order chi connectivity index (χ0) is 23.3. The molecule has 7 heteroatoms. The standard InChI is InChI=1S/C28H31N5OS/c1-2-6-21-16-27(15-20(21)5-1)10-13-33(14-11-27)23-17-31-24(18-30-23)35-22-7-12-29-26-25(22)34-19-28(32-26)8-3-4-9-28/h1-2,5-7,12,17-18H,3-4,8-11,13-16,19H2,(H,29,32). The van der Waals surface area contributed by atoms with Gasteiger partial charge in [0.05, 0.1) is 22.8 Å². The molecule has 7 rings (SSSR count). The highest BCUT2D eigenvalue weighted by atomic mass is 32.2. The molecule has 2 aromatic heterocycles. The van der Waals surface area contributed by atoms with Crippen molar-refractivity contribution in [2.24, 2.45) is 5.41 Å². The lowest BCUT2D eigenvalue weighted by molar-refractivity contribution is 0.214. The number of hydrogen-bond donors (Lipinski definition) is 1. The van der Waals surface area contributed by atoms with Gasteiger partial charge in [-0.25, -0.2) is 15.0 Å². The van der Waals surface area contributed by atoms with Gasteiger partial charge in [-0.1, -0.05) is 48.9 Å². The van der Waals surface area contributed by atoms with Crippen molar-refractivity contribution in [2.75, 3.05) is 29.9 Å². The molecule has 1 saturated carbocycles. The average molecular weight is 486 g/mol. The quantitative estimate of drug-likeness (QED) is 0.524. The van der Waals surface area contributed by atoms with Crippen LogP contribution in [0.15, 0.2) is 58.8 Å². The number of hydrogen-bond acceptors (Lipinski definition) is 7. The summed E-state index contributed by atoms with van der Waals surface area (Å²) in [6, 6.07) is 11.0. The number of rotatable bonds is 3. The molecule has 3 aromatic rings. The smallest absolute Gasteiger partial charge is 0.175 e. The third-order valence-corrected chi connectivity index (χ3v) is 9.49. The van der Waals surface area contributed by atoms with Gasteiger partial charge >= 0.3 is 0 Å². The van der Waals surface area contributed by atoms with E-state index in [9.17, 15) is 0 Å². The van der Waals surface area contributed by atoms with Crippen molar-refractivity contribution >= 4 is 23.4 Å². The highest BCUT2D eigenvalue weighted by molar-refractivity contribution is 7.99. The maximum absolute atomic E-state index is 6.25. The Bertz CT molecular complexity index is 1210. The SMILES string of the molecule is c1ccc2c(c1)CC1(CCN(c3cnc(Sc4ccnc5c4OCC4(CCCC4)N5)cn3)CC1)C2. The second kappa shape index (κ2) is 8.40. The largest absolute Gasteiger partial charge is 0.486 e. The van der Waals surface area contributed by atoms with Gasteiger partial charge in [0.1, 0.15) is 17.5 Å². The van der Waals surface area contributed by atoms with Crippen molar-refractivity contribution in [3.63, 3.8) is 0 Å². The van der Waals surface area contributed by atoms with Crippen LogP contribution in [0.5, 0.6) is 5.75 Å². The first-order valence-electron chi connectivity index (χ1n) is 12.9. The Kier molecular flexibility index (Phi) is 5.16. The Labute approximate surface area is 210 Å². The Morgan fingerprint density at radius 2 is 1.66 bits per heavy atom. The normalized spacial score (nSPS) is 21.4. The number of benzene rings is 1. The second-order valence-corrected chi connectivity index (χ2v) is 11.9. The van der Waals surface area contributed by atoms with E-state index in [-0.39, 0.29) is 5.54 Å². The molecular formula is C28H31N5OS. The molecule has 2 spiro atoms. The van der Waals surface area contributed by atoms with Crippen LogP contribution in [-0.4, -0.2) is 40.2 Å². The molecule has 0 unspecified atom stereocenters. The van der Waals surface area contributed by atoms with Gasteiger partial charge in [-0.2, -0.15) is 0 Å². The molecule has 4 aliphatic rings. The fourth-order valence-electron chi connectivity index (χ4n) is 6.53. The lowest BCUT2D eigenvalue weighted by Crippen LogP contribution is -2.44. The summed E-state index contributed by atoms with van der Waals surface area (Å²) in [5.74, 6) is 2.70. The van der Waals surface area contributed by atoms with Crippen LogP contribution in [-0.2, 0) is 12.8 Å². The Hall–Kier alpha value is -2.80. The molecule has 4 heterocycles.